The van der Waals surface area contributed by atoms with Crippen molar-refractivity contribution in [3.63, 3.8) is 0 Å². The van der Waals surface area contributed by atoms with Gasteiger partial charge in [0, 0.05) is 25.0 Å². The Bertz CT molecular complexity index is 915. The summed E-state index contributed by atoms with van der Waals surface area (Å²) < 4.78 is 10.5. The summed E-state index contributed by atoms with van der Waals surface area (Å²) in [5, 5.41) is 5.94. The lowest BCUT2D eigenvalue weighted by molar-refractivity contribution is 0.0953. The minimum atomic E-state index is -0.207. The van der Waals surface area contributed by atoms with Crippen molar-refractivity contribution in [3.8, 4) is 11.5 Å². The van der Waals surface area contributed by atoms with E-state index in [1.807, 2.05) is 30.3 Å². The van der Waals surface area contributed by atoms with Crippen LogP contribution in [0.5, 0.6) is 11.5 Å². The summed E-state index contributed by atoms with van der Waals surface area (Å²) in [6.45, 7) is 0.545. The Morgan fingerprint density at radius 1 is 1.00 bits per heavy atom. The number of aromatic nitrogens is 2. The molecule has 0 aliphatic carbocycles. The number of rotatable bonds is 8. The maximum absolute atomic E-state index is 12.2. The van der Waals surface area contributed by atoms with Crippen LogP contribution in [0.1, 0.15) is 15.9 Å². The molecule has 3 rings (SSSR count). The van der Waals surface area contributed by atoms with Gasteiger partial charge < -0.3 is 20.1 Å². The molecule has 0 fully saturated rings. The molecule has 144 valence electrons. The summed E-state index contributed by atoms with van der Waals surface area (Å²) in [4.78, 5) is 20.7. The Balaban J connectivity index is 1.59. The molecule has 28 heavy (non-hydrogen) atoms. The van der Waals surface area contributed by atoms with Crippen LogP contribution in [-0.4, -0.2) is 36.6 Å². The Labute approximate surface area is 163 Å². The maximum Gasteiger partial charge on any atom is 0.254 e. The summed E-state index contributed by atoms with van der Waals surface area (Å²) in [6.07, 6.45) is 3.74. The largest absolute Gasteiger partial charge is 0.497 e. The van der Waals surface area contributed by atoms with Crippen molar-refractivity contribution in [2.45, 2.75) is 6.42 Å². The number of methoxy groups -OCH3 is 2. The van der Waals surface area contributed by atoms with Gasteiger partial charge in [0.15, 0.2) is 0 Å². The Morgan fingerprint density at radius 3 is 2.43 bits per heavy atom. The number of hydrogen-bond acceptors (Lipinski definition) is 6. The maximum atomic E-state index is 12.2. The van der Waals surface area contributed by atoms with E-state index in [0.717, 1.165) is 6.42 Å². The van der Waals surface area contributed by atoms with Gasteiger partial charge in [-0.25, -0.2) is 9.97 Å². The zero-order chi connectivity index (χ0) is 19.8. The van der Waals surface area contributed by atoms with Crippen LogP contribution in [0.2, 0.25) is 0 Å². The standard InChI is InChI=1S/C21H22N4O3/c1-27-17-8-9-19(28-2)18(12-17)25-21-23-13-16(14-24-21)20(26)22-11-10-15-6-4-3-5-7-15/h3-9,12-14H,10-11H2,1-2H3,(H,22,26)(H,23,24,25). The van der Waals surface area contributed by atoms with Crippen LogP contribution in [0.4, 0.5) is 11.6 Å². The lowest BCUT2D eigenvalue weighted by Crippen LogP contribution is -2.26. The molecule has 0 saturated carbocycles. The van der Waals surface area contributed by atoms with E-state index in [-0.39, 0.29) is 5.91 Å². The smallest absolute Gasteiger partial charge is 0.254 e. The van der Waals surface area contributed by atoms with E-state index in [0.29, 0.717) is 35.2 Å². The average Bonchev–Trinajstić information content (AvgIpc) is 2.75. The van der Waals surface area contributed by atoms with Gasteiger partial charge in [0.2, 0.25) is 5.95 Å². The number of nitrogens with one attached hydrogen (secondary N) is 2. The van der Waals surface area contributed by atoms with Gasteiger partial charge in [-0.1, -0.05) is 30.3 Å². The molecule has 0 aliphatic rings. The number of benzene rings is 2. The minimum Gasteiger partial charge on any atom is -0.497 e. The van der Waals surface area contributed by atoms with Crippen molar-refractivity contribution in [2.75, 3.05) is 26.1 Å². The van der Waals surface area contributed by atoms with Crippen molar-refractivity contribution in [1.82, 2.24) is 15.3 Å². The summed E-state index contributed by atoms with van der Waals surface area (Å²) in [5.74, 6) is 1.46. The summed E-state index contributed by atoms with van der Waals surface area (Å²) in [7, 11) is 3.17. The highest BCUT2D eigenvalue weighted by molar-refractivity contribution is 5.93. The van der Waals surface area contributed by atoms with E-state index in [1.54, 1.807) is 32.4 Å². The predicted octanol–water partition coefficient (Wildman–Crippen LogP) is 3.21. The molecule has 3 aromatic rings. The number of carbonyl (C=O) groups is 1. The van der Waals surface area contributed by atoms with Crippen molar-refractivity contribution in [2.24, 2.45) is 0 Å². The predicted molar refractivity (Wildman–Crippen MR) is 107 cm³/mol. The fourth-order valence-corrected chi connectivity index (χ4v) is 2.61. The number of ether oxygens (including phenoxy) is 2. The third-order valence-corrected chi connectivity index (χ3v) is 4.11. The summed E-state index contributed by atoms with van der Waals surface area (Å²) in [6, 6.07) is 15.4. The molecule has 2 aromatic carbocycles. The molecule has 1 aromatic heterocycles. The second-order valence-electron chi connectivity index (χ2n) is 5.98. The topological polar surface area (TPSA) is 85.4 Å². The van der Waals surface area contributed by atoms with Gasteiger partial charge in [-0.15, -0.1) is 0 Å². The summed E-state index contributed by atoms with van der Waals surface area (Å²) in [5.41, 5.74) is 2.24. The number of carbonyl (C=O) groups excluding carboxylic acids is 1. The lowest BCUT2D eigenvalue weighted by atomic mass is 10.1. The number of nitrogens with zero attached hydrogens (tertiary/aromatic N) is 2. The van der Waals surface area contributed by atoms with E-state index in [2.05, 4.69) is 20.6 Å². The highest BCUT2D eigenvalue weighted by Gasteiger charge is 2.09. The normalized spacial score (nSPS) is 10.2. The highest BCUT2D eigenvalue weighted by atomic mass is 16.5. The fourth-order valence-electron chi connectivity index (χ4n) is 2.61. The summed E-state index contributed by atoms with van der Waals surface area (Å²) >= 11 is 0. The number of hydrogen-bond donors (Lipinski definition) is 2. The van der Waals surface area contributed by atoms with Gasteiger partial charge in [0.05, 0.1) is 25.5 Å². The molecular weight excluding hydrogens is 356 g/mol. The Morgan fingerprint density at radius 2 is 1.75 bits per heavy atom. The molecule has 0 spiro atoms. The molecule has 7 nitrogen and oxygen atoms in total. The van der Waals surface area contributed by atoms with Crippen LogP contribution >= 0.6 is 0 Å². The fraction of sp³-hybridized carbons (Fsp3) is 0.190. The second kappa shape index (κ2) is 9.36. The van der Waals surface area contributed by atoms with Crippen LogP contribution in [0.15, 0.2) is 60.9 Å². The molecule has 1 amide bonds. The first-order chi connectivity index (χ1) is 13.7. The molecular formula is C21H22N4O3. The third-order valence-electron chi connectivity index (χ3n) is 4.11. The van der Waals surface area contributed by atoms with Crippen LogP contribution < -0.4 is 20.1 Å². The van der Waals surface area contributed by atoms with Crippen molar-refractivity contribution < 1.29 is 14.3 Å². The van der Waals surface area contributed by atoms with E-state index in [4.69, 9.17) is 9.47 Å². The van der Waals surface area contributed by atoms with Crippen molar-refractivity contribution in [1.29, 1.82) is 0 Å². The van der Waals surface area contributed by atoms with E-state index < -0.39 is 0 Å². The third kappa shape index (κ3) is 4.97. The van der Waals surface area contributed by atoms with Crippen LogP contribution in [0, 0.1) is 0 Å². The first-order valence-electron chi connectivity index (χ1n) is 8.83. The molecule has 0 unspecified atom stereocenters. The first kappa shape index (κ1) is 19.2. The Hall–Kier alpha value is -3.61. The number of anilines is 2. The van der Waals surface area contributed by atoms with E-state index in [9.17, 15) is 4.79 Å². The van der Waals surface area contributed by atoms with E-state index >= 15 is 0 Å². The molecule has 0 saturated heterocycles. The van der Waals surface area contributed by atoms with Gasteiger partial charge in [-0.2, -0.15) is 0 Å². The van der Waals surface area contributed by atoms with Gasteiger partial charge in [-0.3, -0.25) is 4.79 Å². The second-order valence-corrected chi connectivity index (χ2v) is 5.98. The monoisotopic (exact) mass is 378 g/mol. The van der Waals surface area contributed by atoms with Crippen LogP contribution in [0.25, 0.3) is 0 Å². The molecule has 0 radical (unpaired) electrons. The minimum absolute atomic E-state index is 0.207. The van der Waals surface area contributed by atoms with Crippen LogP contribution in [-0.2, 0) is 6.42 Å². The van der Waals surface area contributed by atoms with Crippen molar-refractivity contribution >= 4 is 17.5 Å². The Kier molecular flexibility index (Phi) is 6.41. The molecule has 1 heterocycles. The van der Waals surface area contributed by atoms with Gasteiger partial charge in [-0.05, 0) is 24.1 Å². The molecule has 2 N–H and O–H groups in total. The molecule has 7 heteroatoms. The van der Waals surface area contributed by atoms with Crippen LogP contribution in [0.3, 0.4) is 0 Å². The zero-order valence-electron chi connectivity index (χ0n) is 15.8. The SMILES string of the molecule is COc1ccc(OC)c(Nc2ncc(C(=O)NCCc3ccccc3)cn2)c1. The van der Waals surface area contributed by atoms with Crippen molar-refractivity contribution in [3.05, 3.63) is 72.1 Å². The van der Waals surface area contributed by atoms with Gasteiger partial charge in [0.25, 0.3) is 5.91 Å². The molecule has 0 bridgehead atoms. The molecule has 0 atom stereocenters. The van der Waals surface area contributed by atoms with E-state index in [1.165, 1.54) is 18.0 Å². The average molecular weight is 378 g/mol. The zero-order valence-corrected chi connectivity index (χ0v) is 15.8. The first-order valence-corrected chi connectivity index (χ1v) is 8.83. The van der Waals surface area contributed by atoms with Gasteiger partial charge >= 0.3 is 0 Å². The molecule has 0 aliphatic heterocycles. The number of amides is 1. The quantitative estimate of drug-likeness (QED) is 0.626. The highest BCUT2D eigenvalue weighted by Crippen LogP contribution is 2.30. The lowest BCUT2D eigenvalue weighted by Gasteiger charge is -2.11. The van der Waals surface area contributed by atoms with Gasteiger partial charge in [0.1, 0.15) is 11.5 Å².